The third-order valence-electron chi connectivity index (χ3n) is 2.88. The van der Waals surface area contributed by atoms with Gasteiger partial charge in [-0.25, -0.2) is 0 Å². The van der Waals surface area contributed by atoms with Crippen molar-refractivity contribution >= 4 is 17.3 Å². The molecule has 1 fully saturated rings. The van der Waals surface area contributed by atoms with Crippen molar-refractivity contribution in [2.45, 2.75) is 19.3 Å². The average molecular weight is 250 g/mol. The van der Waals surface area contributed by atoms with Crippen LogP contribution in [0.1, 0.15) is 18.7 Å². The largest absolute Gasteiger partial charge is 0.398 e. The monoisotopic (exact) mass is 249 g/mol. The summed E-state index contributed by atoms with van der Waals surface area (Å²) in [7, 11) is 0. The molecule has 0 saturated heterocycles. The molecule has 17 heavy (non-hydrogen) atoms. The first-order valence-corrected chi connectivity index (χ1v) is 5.98. The number of hydrogen-bond acceptors (Lipinski definition) is 4. The van der Waals surface area contributed by atoms with E-state index >= 15 is 0 Å². The SMILES string of the molecule is Nc1cc(-c2nc(CC3CC3)no2)ccc1Cl. The van der Waals surface area contributed by atoms with E-state index in [1.165, 1.54) is 12.8 Å². The first-order valence-electron chi connectivity index (χ1n) is 5.60. The molecule has 1 aliphatic rings. The molecule has 0 unspecified atom stereocenters. The van der Waals surface area contributed by atoms with E-state index in [0.717, 1.165) is 23.7 Å². The molecule has 1 aliphatic carbocycles. The summed E-state index contributed by atoms with van der Waals surface area (Å²) in [5.74, 6) is 2.02. The van der Waals surface area contributed by atoms with E-state index in [0.29, 0.717) is 16.6 Å². The highest BCUT2D eigenvalue weighted by molar-refractivity contribution is 6.33. The molecular formula is C12H12ClN3O. The van der Waals surface area contributed by atoms with E-state index in [9.17, 15) is 0 Å². The van der Waals surface area contributed by atoms with E-state index < -0.39 is 0 Å². The summed E-state index contributed by atoms with van der Waals surface area (Å²) < 4.78 is 5.21. The highest BCUT2D eigenvalue weighted by Gasteiger charge is 2.24. The highest BCUT2D eigenvalue weighted by atomic mass is 35.5. The van der Waals surface area contributed by atoms with Crippen molar-refractivity contribution in [2.75, 3.05) is 5.73 Å². The van der Waals surface area contributed by atoms with Gasteiger partial charge in [0, 0.05) is 12.0 Å². The molecule has 1 saturated carbocycles. The predicted molar refractivity (Wildman–Crippen MR) is 65.6 cm³/mol. The fourth-order valence-electron chi connectivity index (χ4n) is 1.71. The van der Waals surface area contributed by atoms with Crippen molar-refractivity contribution in [3.63, 3.8) is 0 Å². The lowest BCUT2D eigenvalue weighted by Gasteiger charge is -1.98. The number of nitrogen functional groups attached to an aromatic ring is 1. The molecule has 1 heterocycles. The molecular weight excluding hydrogens is 238 g/mol. The second-order valence-corrected chi connectivity index (χ2v) is 4.81. The average Bonchev–Trinajstić information content (AvgIpc) is 2.99. The maximum Gasteiger partial charge on any atom is 0.257 e. The number of halogens is 1. The Labute approximate surface area is 104 Å². The Morgan fingerprint density at radius 3 is 2.94 bits per heavy atom. The molecule has 1 aromatic heterocycles. The van der Waals surface area contributed by atoms with Crippen LogP contribution in [-0.2, 0) is 6.42 Å². The molecule has 0 amide bonds. The summed E-state index contributed by atoms with van der Waals surface area (Å²) >= 11 is 5.86. The number of rotatable bonds is 3. The van der Waals surface area contributed by atoms with Gasteiger partial charge in [0.05, 0.1) is 10.7 Å². The Bertz CT molecular complexity index is 548. The summed E-state index contributed by atoms with van der Waals surface area (Å²) in [5.41, 5.74) is 7.06. The Kier molecular flexibility index (Phi) is 2.52. The Hall–Kier alpha value is -1.55. The lowest BCUT2D eigenvalue weighted by Crippen LogP contribution is -1.90. The van der Waals surface area contributed by atoms with Crippen molar-refractivity contribution in [3.05, 3.63) is 29.0 Å². The number of nitrogens with zero attached hydrogens (tertiary/aromatic N) is 2. The van der Waals surface area contributed by atoms with E-state index in [1.54, 1.807) is 12.1 Å². The quantitative estimate of drug-likeness (QED) is 0.850. The van der Waals surface area contributed by atoms with Crippen molar-refractivity contribution < 1.29 is 4.52 Å². The zero-order chi connectivity index (χ0) is 11.8. The van der Waals surface area contributed by atoms with Gasteiger partial charge in [0.1, 0.15) is 0 Å². The number of aromatic nitrogens is 2. The normalized spacial score (nSPS) is 15.1. The van der Waals surface area contributed by atoms with Crippen LogP contribution in [0.2, 0.25) is 5.02 Å². The van der Waals surface area contributed by atoms with E-state index in [2.05, 4.69) is 10.1 Å². The smallest absolute Gasteiger partial charge is 0.257 e. The molecule has 0 aliphatic heterocycles. The summed E-state index contributed by atoms with van der Waals surface area (Å²) in [6.45, 7) is 0. The minimum absolute atomic E-state index is 0.504. The third-order valence-corrected chi connectivity index (χ3v) is 3.22. The fourth-order valence-corrected chi connectivity index (χ4v) is 1.83. The van der Waals surface area contributed by atoms with Gasteiger partial charge in [-0.2, -0.15) is 4.98 Å². The van der Waals surface area contributed by atoms with Gasteiger partial charge < -0.3 is 10.3 Å². The third kappa shape index (κ3) is 2.26. The first kappa shape index (κ1) is 10.6. The van der Waals surface area contributed by atoms with Crippen LogP contribution >= 0.6 is 11.6 Å². The summed E-state index contributed by atoms with van der Waals surface area (Å²) in [6, 6.07) is 5.31. The Morgan fingerprint density at radius 1 is 1.41 bits per heavy atom. The van der Waals surface area contributed by atoms with Gasteiger partial charge in [0.25, 0.3) is 5.89 Å². The topological polar surface area (TPSA) is 64.9 Å². The maximum absolute atomic E-state index is 5.86. The molecule has 0 radical (unpaired) electrons. The minimum atomic E-state index is 0.504. The molecule has 0 spiro atoms. The number of benzene rings is 1. The lowest BCUT2D eigenvalue weighted by molar-refractivity contribution is 0.421. The molecule has 1 aromatic carbocycles. The van der Waals surface area contributed by atoms with Crippen LogP contribution in [0.4, 0.5) is 5.69 Å². The van der Waals surface area contributed by atoms with Gasteiger partial charge in [-0.1, -0.05) is 16.8 Å². The van der Waals surface area contributed by atoms with E-state index in [-0.39, 0.29) is 0 Å². The van der Waals surface area contributed by atoms with Crippen LogP contribution in [0, 0.1) is 5.92 Å². The van der Waals surface area contributed by atoms with E-state index in [1.807, 2.05) is 6.07 Å². The zero-order valence-corrected chi connectivity index (χ0v) is 9.94. The minimum Gasteiger partial charge on any atom is -0.398 e. The second kappa shape index (κ2) is 4.04. The Morgan fingerprint density at radius 2 is 2.24 bits per heavy atom. The van der Waals surface area contributed by atoms with Crippen molar-refractivity contribution in [1.29, 1.82) is 0 Å². The summed E-state index contributed by atoms with van der Waals surface area (Å²) in [5, 5.41) is 4.50. The molecule has 2 aromatic rings. The van der Waals surface area contributed by atoms with Gasteiger partial charge in [-0.3, -0.25) is 0 Å². The van der Waals surface area contributed by atoms with Gasteiger partial charge >= 0.3 is 0 Å². The van der Waals surface area contributed by atoms with Gasteiger partial charge in [0.15, 0.2) is 5.82 Å². The van der Waals surface area contributed by atoms with Crippen LogP contribution in [0.25, 0.3) is 11.5 Å². The lowest BCUT2D eigenvalue weighted by atomic mass is 10.2. The van der Waals surface area contributed by atoms with Crippen LogP contribution in [0.3, 0.4) is 0 Å². The van der Waals surface area contributed by atoms with Crippen molar-refractivity contribution in [2.24, 2.45) is 5.92 Å². The molecule has 3 rings (SSSR count). The maximum atomic E-state index is 5.86. The van der Waals surface area contributed by atoms with Gasteiger partial charge in [-0.05, 0) is 37.0 Å². The molecule has 0 bridgehead atoms. The highest BCUT2D eigenvalue weighted by Crippen LogP contribution is 2.32. The molecule has 2 N–H and O–H groups in total. The van der Waals surface area contributed by atoms with E-state index in [4.69, 9.17) is 21.9 Å². The standard InChI is InChI=1S/C12H12ClN3O/c13-9-4-3-8(6-10(9)14)12-15-11(16-17-12)5-7-1-2-7/h3-4,6-7H,1-2,5,14H2. The molecule has 5 heteroatoms. The predicted octanol–water partition coefficient (Wildman–Crippen LogP) is 2.92. The van der Waals surface area contributed by atoms with Gasteiger partial charge in [0.2, 0.25) is 0 Å². The molecule has 4 nitrogen and oxygen atoms in total. The Balaban J connectivity index is 1.86. The summed E-state index contributed by atoms with van der Waals surface area (Å²) in [4.78, 5) is 4.36. The first-order chi connectivity index (χ1) is 8.22. The van der Waals surface area contributed by atoms with Crippen LogP contribution < -0.4 is 5.73 Å². The van der Waals surface area contributed by atoms with Crippen molar-refractivity contribution in [3.8, 4) is 11.5 Å². The fraction of sp³-hybridized carbons (Fsp3) is 0.333. The van der Waals surface area contributed by atoms with Crippen LogP contribution in [0.15, 0.2) is 22.7 Å². The number of anilines is 1. The molecule has 0 atom stereocenters. The number of hydrogen-bond donors (Lipinski definition) is 1. The van der Waals surface area contributed by atoms with Crippen LogP contribution in [-0.4, -0.2) is 10.1 Å². The van der Waals surface area contributed by atoms with Crippen LogP contribution in [0.5, 0.6) is 0 Å². The number of nitrogens with two attached hydrogens (primary N) is 1. The zero-order valence-electron chi connectivity index (χ0n) is 9.19. The second-order valence-electron chi connectivity index (χ2n) is 4.40. The van der Waals surface area contributed by atoms with Gasteiger partial charge in [-0.15, -0.1) is 0 Å². The molecule has 88 valence electrons. The van der Waals surface area contributed by atoms with Crippen molar-refractivity contribution in [1.82, 2.24) is 10.1 Å². The summed E-state index contributed by atoms with van der Waals surface area (Å²) in [6.07, 6.45) is 3.46.